The number of H-pyrrole nitrogens is 1. The molecule has 0 atom stereocenters. The van der Waals surface area contributed by atoms with Gasteiger partial charge in [0.2, 0.25) is 5.95 Å². The van der Waals surface area contributed by atoms with Crippen LogP contribution >= 0.6 is 0 Å². The van der Waals surface area contributed by atoms with E-state index in [4.69, 9.17) is 4.42 Å². The van der Waals surface area contributed by atoms with Gasteiger partial charge in [0.25, 0.3) is 0 Å². The van der Waals surface area contributed by atoms with Crippen molar-refractivity contribution < 1.29 is 4.42 Å². The number of pyridine rings is 1. The predicted molar refractivity (Wildman–Crippen MR) is 85.4 cm³/mol. The van der Waals surface area contributed by atoms with E-state index in [1.165, 1.54) is 0 Å². The van der Waals surface area contributed by atoms with Crippen molar-refractivity contribution in [3.8, 4) is 11.4 Å². The largest absolute Gasteiger partial charge is 0.417 e. The molecule has 0 amide bonds. The van der Waals surface area contributed by atoms with Gasteiger partial charge in [0.1, 0.15) is 0 Å². The van der Waals surface area contributed by atoms with Crippen LogP contribution in [0.4, 0.5) is 11.6 Å². The number of anilines is 2. The van der Waals surface area contributed by atoms with Crippen molar-refractivity contribution in [1.82, 2.24) is 19.9 Å². The highest BCUT2D eigenvalue weighted by molar-refractivity contribution is 5.77. The molecule has 0 aliphatic heterocycles. The Morgan fingerprint density at radius 3 is 2.83 bits per heavy atom. The minimum absolute atomic E-state index is 0.436. The van der Waals surface area contributed by atoms with Crippen LogP contribution in [-0.2, 0) is 0 Å². The number of hydrogen-bond acceptors (Lipinski definition) is 6. The molecule has 3 heterocycles. The molecule has 0 aliphatic carbocycles. The van der Waals surface area contributed by atoms with E-state index in [2.05, 4.69) is 25.3 Å². The van der Waals surface area contributed by atoms with E-state index in [9.17, 15) is 4.79 Å². The molecule has 0 fully saturated rings. The Bertz CT molecular complexity index is 1020. The molecule has 0 aliphatic rings. The second-order valence-corrected chi connectivity index (χ2v) is 4.83. The maximum atomic E-state index is 11.2. The molecular formula is C16H11N5O2. The SMILES string of the molecule is O=c1[nH]c2ccc(Nc3nccc(-c4ccccn4)n3)cc2o1. The van der Waals surface area contributed by atoms with Gasteiger partial charge in [-0.2, -0.15) is 0 Å². The number of nitrogens with zero attached hydrogens (tertiary/aromatic N) is 3. The molecule has 3 aromatic heterocycles. The van der Waals surface area contributed by atoms with E-state index in [-0.39, 0.29) is 0 Å². The van der Waals surface area contributed by atoms with E-state index >= 15 is 0 Å². The Morgan fingerprint density at radius 1 is 1.00 bits per heavy atom. The maximum Gasteiger partial charge on any atom is 0.417 e. The van der Waals surface area contributed by atoms with Gasteiger partial charge in [0.05, 0.1) is 16.9 Å². The summed E-state index contributed by atoms with van der Waals surface area (Å²) in [5.74, 6) is -0.0454. The third-order valence-electron chi connectivity index (χ3n) is 3.26. The molecule has 7 nitrogen and oxygen atoms in total. The lowest BCUT2D eigenvalue weighted by molar-refractivity contribution is 0.555. The molecule has 0 unspecified atom stereocenters. The quantitative estimate of drug-likeness (QED) is 0.604. The highest BCUT2D eigenvalue weighted by atomic mass is 16.4. The molecule has 2 N–H and O–H groups in total. The van der Waals surface area contributed by atoms with Crippen LogP contribution in [0.3, 0.4) is 0 Å². The summed E-state index contributed by atoms with van der Waals surface area (Å²) in [7, 11) is 0. The highest BCUT2D eigenvalue weighted by Crippen LogP contribution is 2.20. The summed E-state index contributed by atoms with van der Waals surface area (Å²) in [5.41, 5.74) is 3.32. The zero-order valence-corrected chi connectivity index (χ0v) is 11.9. The molecule has 23 heavy (non-hydrogen) atoms. The Kier molecular flexibility index (Phi) is 3.09. The Balaban J connectivity index is 1.66. The lowest BCUT2D eigenvalue weighted by atomic mass is 10.2. The van der Waals surface area contributed by atoms with Crippen molar-refractivity contribution in [2.75, 3.05) is 5.32 Å². The van der Waals surface area contributed by atoms with Crippen molar-refractivity contribution in [2.24, 2.45) is 0 Å². The first kappa shape index (κ1) is 13.2. The number of hydrogen-bond donors (Lipinski definition) is 2. The minimum Gasteiger partial charge on any atom is -0.408 e. The van der Waals surface area contributed by atoms with Crippen LogP contribution in [-0.4, -0.2) is 19.9 Å². The lowest BCUT2D eigenvalue weighted by Gasteiger charge is -2.06. The van der Waals surface area contributed by atoms with Crippen LogP contribution in [0.25, 0.3) is 22.5 Å². The number of benzene rings is 1. The number of aromatic amines is 1. The third kappa shape index (κ3) is 2.67. The molecule has 7 heteroatoms. The van der Waals surface area contributed by atoms with Crippen LogP contribution < -0.4 is 11.1 Å². The zero-order chi connectivity index (χ0) is 15.6. The normalized spacial score (nSPS) is 10.8. The van der Waals surface area contributed by atoms with Gasteiger partial charge in [-0.3, -0.25) is 9.97 Å². The lowest BCUT2D eigenvalue weighted by Crippen LogP contribution is -1.98. The van der Waals surface area contributed by atoms with Crippen molar-refractivity contribution in [2.45, 2.75) is 0 Å². The molecule has 0 saturated carbocycles. The van der Waals surface area contributed by atoms with Crippen LogP contribution in [0.15, 0.2) is 64.1 Å². The molecule has 0 saturated heterocycles. The van der Waals surface area contributed by atoms with Crippen molar-refractivity contribution >= 4 is 22.7 Å². The average molecular weight is 305 g/mol. The summed E-state index contributed by atoms with van der Waals surface area (Å²) in [6.45, 7) is 0. The number of aromatic nitrogens is 4. The van der Waals surface area contributed by atoms with Gasteiger partial charge >= 0.3 is 5.76 Å². The van der Waals surface area contributed by atoms with Gasteiger partial charge in [-0.1, -0.05) is 6.07 Å². The van der Waals surface area contributed by atoms with E-state index < -0.39 is 5.76 Å². The van der Waals surface area contributed by atoms with E-state index in [1.54, 1.807) is 30.6 Å². The Hall–Kier alpha value is -3.48. The van der Waals surface area contributed by atoms with Crippen LogP contribution in [0, 0.1) is 0 Å². The summed E-state index contributed by atoms with van der Waals surface area (Å²) >= 11 is 0. The van der Waals surface area contributed by atoms with Crippen LogP contribution in [0.2, 0.25) is 0 Å². The van der Waals surface area contributed by atoms with Gasteiger partial charge in [-0.15, -0.1) is 0 Å². The molecular weight excluding hydrogens is 294 g/mol. The molecule has 4 aromatic rings. The first-order valence-electron chi connectivity index (χ1n) is 6.92. The number of oxazole rings is 1. The smallest absolute Gasteiger partial charge is 0.408 e. The van der Waals surface area contributed by atoms with Crippen molar-refractivity contribution in [3.05, 3.63) is 65.4 Å². The summed E-state index contributed by atoms with van der Waals surface area (Å²) in [4.78, 5) is 26.7. The fourth-order valence-corrected chi connectivity index (χ4v) is 2.23. The first-order chi connectivity index (χ1) is 11.3. The van der Waals surface area contributed by atoms with Gasteiger partial charge in [0, 0.05) is 24.1 Å². The van der Waals surface area contributed by atoms with Crippen molar-refractivity contribution in [1.29, 1.82) is 0 Å². The molecule has 0 bridgehead atoms. The minimum atomic E-state index is -0.481. The van der Waals surface area contributed by atoms with Gasteiger partial charge in [-0.25, -0.2) is 14.8 Å². The topological polar surface area (TPSA) is 96.7 Å². The Labute approximate surface area is 130 Å². The fourth-order valence-electron chi connectivity index (χ4n) is 2.23. The fraction of sp³-hybridized carbons (Fsp3) is 0. The van der Waals surface area contributed by atoms with E-state index in [0.29, 0.717) is 17.0 Å². The molecule has 1 aromatic carbocycles. The zero-order valence-electron chi connectivity index (χ0n) is 11.9. The van der Waals surface area contributed by atoms with Crippen LogP contribution in [0.5, 0.6) is 0 Å². The van der Waals surface area contributed by atoms with E-state index in [1.807, 2.05) is 24.3 Å². The molecule has 4 rings (SSSR count). The van der Waals surface area contributed by atoms with Gasteiger partial charge in [0.15, 0.2) is 5.58 Å². The summed E-state index contributed by atoms with van der Waals surface area (Å²) in [6, 6.07) is 12.7. The van der Waals surface area contributed by atoms with Crippen molar-refractivity contribution in [3.63, 3.8) is 0 Å². The molecule has 0 radical (unpaired) electrons. The summed E-state index contributed by atoms with van der Waals surface area (Å²) < 4.78 is 5.04. The highest BCUT2D eigenvalue weighted by Gasteiger charge is 2.06. The third-order valence-corrected chi connectivity index (χ3v) is 3.26. The Morgan fingerprint density at radius 2 is 1.96 bits per heavy atom. The maximum absolute atomic E-state index is 11.2. The molecule has 0 spiro atoms. The second kappa shape index (κ2) is 5.38. The van der Waals surface area contributed by atoms with Crippen LogP contribution in [0.1, 0.15) is 0 Å². The number of fused-ring (bicyclic) bond motifs is 1. The van der Waals surface area contributed by atoms with E-state index in [0.717, 1.165) is 17.1 Å². The van der Waals surface area contributed by atoms with Gasteiger partial charge in [-0.05, 0) is 30.3 Å². The monoisotopic (exact) mass is 305 g/mol. The van der Waals surface area contributed by atoms with Gasteiger partial charge < -0.3 is 9.73 Å². The predicted octanol–water partition coefficient (Wildman–Crippen LogP) is 2.72. The summed E-state index contributed by atoms with van der Waals surface area (Å²) in [5, 5.41) is 3.09. The second-order valence-electron chi connectivity index (χ2n) is 4.83. The number of nitrogens with one attached hydrogen (secondary N) is 2. The first-order valence-corrected chi connectivity index (χ1v) is 6.92. The average Bonchev–Trinajstić information content (AvgIpc) is 2.95. The summed E-state index contributed by atoms with van der Waals surface area (Å²) in [6.07, 6.45) is 3.38. The molecule has 112 valence electrons. The number of rotatable bonds is 3. The standard InChI is InChI=1S/C16H11N5O2/c22-16-21-13-5-4-10(9-14(13)23-16)19-15-18-8-6-12(20-15)11-3-1-2-7-17-11/h1-9H,(H,21,22)(H,18,19,20).